The van der Waals surface area contributed by atoms with Crippen molar-refractivity contribution in [2.45, 2.75) is 71.4 Å². The molecule has 0 spiro atoms. The molecule has 0 saturated carbocycles. The van der Waals surface area contributed by atoms with Crippen LogP contribution in [0.5, 0.6) is 0 Å². The lowest BCUT2D eigenvalue weighted by atomic mass is 9.75. The summed E-state index contributed by atoms with van der Waals surface area (Å²) >= 11 is 0. The summed E-state index contributed by atoms with van der Waals surface area (Å²) in [6, 6.07) is 6.97. The Morgan fingerprint density at radius 1 is 1.25 bits per heavy atom. The zero-order chi connectivity index (χ0) is 19.7. The van der Waals surface area contributed by atoms with Gasteiger partial charge in [0, 0.05) is 23.5 Å². The van der Waals surface area contributed by atoms with Crippen LogP contribution in [0.25, 0.3) is 11.3 Å². The molecule has 5 nitrogen and oxygen atoms in total. The molecule has 0 radical (unpaired) electrons. The Morgan fingerprint density at radius 3 is 2.82 bits per heavy atom. The second-order valence-corrected chi connectivity index (χ2v) is 8.53. The van der Waals surface area contributed by atoms with Crippen molar-refractivity contribution >= 4 is 12.6 Å². The fourth-order valence-corrected chi connectivity index (χ4v) is 4.10. The molecule has 0 bridgehead atoms. The Bertz CT molecular complexity index is 827. The molecule has 1 aliphatic heterocycles. The van der Waals surface area contributed by atoms with Gasteiger partial charge in [-0.2, -0.15) is 0 Å². The first-order valence-corrected chi connectivity index (χ1v) is 10.8. The highest BCUT2D eigenvalue weighted by molar-refractivity contribution is 6.61. The van der Waals surface area contributed by atoms with Crippen LogP contribution in [0.2, 0.25) is 0 Å². The van der Waals surface area contributed by atoms with Crippen LogP contribution in [-0.4, -0.2) is 35.8 Å². The third kappa shape index (κ3) is 3.91. The average molecular weight is 381 g/mol. The second kappa shape index (κ2) is 8.01. The van der Waals surface area contributed by atoms with Crippen LogP contribution in [-0.2, 0) is 22.2 Å². The largest absolute Gasteiger partial charge is 0.494 e. The van der Waals surface area contributed by atoms with Gasteiger partial charge in [0.2, 0.25) is 0 Å². The van der Waals surface area contributed by atoms with Crippen molar-refractivity contribution in [1.82, 2.24) is 15.3 Å². The molecule has 1 fully saturated rings. The molecule has 1 aliphatic carbocycles. The highest BCUT2D eigenvalue weighted by atomic mass is 16.6. The lowest BCUT2D eigenvalue weighted by Gasteiger charge is -2.28. The van der Waals surface area contributed by atoms with Crippen molar-refractivity contribution in [3.8, 4) is 11.3 Å². The number of hydrogen-bond donors (Lipinski definition) is 2. The first-order chi connectivity index (χ1) is 13.5. The van der Waals surface area contributed by atoms with E-state index in [1.807, 2.05) is 6.92 Å². The van der Waals surface area contributed by atoms with Gasteiger partial charge in [-0.15, -0.1) is 0 Å². The number of aromatic nitrogens is 2. The number of aryl methyl sites for hydroxylation is 2. The molecule has 0 amide bonds. The number of aromatic amines is 1. The summed E-state index contributed by atoms with van der Waals surface area (Å²) in [4.78, 5) is 8.57. The Kier molecular flexibility index (Phi) is 5.63. The van der Waals surface area contributed by atoms with E-state index in [4.69, 9.17) is 14.3 Å². The summed E-state index contributed by atoms with van der Waals surface area (Å²) in [5.74, 6) is 1.10. The minimum Gasteiger partial charge on any atom is -0.408 e. The van der Waals surface area contributed by atoms with E-state index in [9.17, 15) is 0 Å². The highest BCUT2D eigenvalue weighted by Crippen LogP contribution is 2.33. The van der Waals surface area contributed by atoms with E-state index in [1.165, 1.54) is 29.7 Å². The van der Waals surface area contributed by atoms with E-state index in [1.54, 1.807) is 0 Å². The Labute approximate surface area is 168 Å². The number of hydrogen-bond acceptors (Lipinski definition) is 4. The number of rotatable bonds is 7. The monoisotopic (exact) mass is 381 g/mol. The van der Waals surface area contributed by atoms with Crippen molar-refractivity contribution in [1.29, 1.82) is 0 Å². The van der Waals surface area contributed by atoms with E-state index >= 15 is 0 Å². The first-order valence-electron chi connectivity index (χ1n) is 10.8. The summed E-state index contributed by atoms with van der Waals surface area (Å²) in [6.45, 7) is 10.1. The minimum atomic E-state index is -0.330. The third-order valence-electron chi connectivity index (χ3n) is 6.08. The number of imidazole rings is 1. The van der Waals surface area contributed by atoms with Crippen LogP contribution in [0.1, 0.15) is 70.1 Å². The third-order valence-corrected chi connectivity index (χ3v) is 6.08. The molecule has 4 rings (SSSR count). The fraction of sp³-hybridized carbons (Fsp3) is 0.591. The number of nitrogens with one attached hydrogen (secondary N) is 2. The van der Waals surface area contributed by atoms with Crippen molar-refractivity contribution in [2.75, 3.05) is 13.2 Å². The van der Waals surface area contributed by atoms with Gasteiger partial charge in [-0.1, -0.05) is 25.1 Å². The summed E-state index contributed by atoms with van der Waals surface area (Å²) < 4.78 is 12.2. The molecule has 1 aromatic heterocycles. The van der Waals surface area contributed by atoms with Crippen molar-refractivity contribution < 1.29 is 9.31 Å². The molecule has 2 heterocycles. The van der Waals surface area contributed by atoms with Crippen LogP contribution in [0, 0.1) is 0 Å². The maximum absolute atomic E-state index is 6.29. The molecule has 2 N–H and O–H groups in total. The zero-order valence-electron chi connectivity index (χ0n) is 17.6. The zero-order valence-corrected chi connectivity index (χ0v) is 17.6. The van der Waals surface area contributed by atoms with Crippen molar-refractivity contribution in [3.63, 3.8) is 0 Å². The lowest BCUT2D eigenvalue weighted by molar-refractivity contribution is 0.0706. The van der Waals surface area contributed by atoms with E-state index in [0.717, 1.165) is 42.8 Å². The molecule has 0 unspecified atom stereocenters. The van der Waals surface area contributed by atoms with Crippen LogP contribution in [0.15, 0.2) is 18.2 Å². The maximum atomic E-state index is 6.29. The van der Waals surface area contributed by atoms with E-state index in [-0.39, 0.29) is 12.7 Å². The van der Waals surface area contributed by atoms with E-state index in [2.05, 4.69) is 49.3 Å². The Hall–Kier alpha value is -1.63. The standard InChI is InChI=1S/C22H32BN3O2/c1-5-22(3,4)28-23(27-6-2)16-10-11-17-15(14-16)9-12-18-20(17)26-21(25-18)19-8-7-13-24-19/h10-11,14,19,24H,5-9,12-13H2,1-4H3,(H,25,26)/t19-/m0/s1. The van der Waals surface area contributed by atoms with Crippen LogP contribution >= 0.6 is 0 Å². The van der Waals surface area contributed by atoms with E-state index < -0.39 is 0 Å². The molecule has 1 atom stereocenters. The summed E-state index contributed by atoms with van der Waals surface area (Å²) in [5, 5.41) is 3.54. The summed E-state index contributed by atoms with van der Waals surface area (Å²) in [7, 11) is -0.330. The molecular formula is C22H32BN3O2. The van der Waals surface area contributed by atoms with Crippen LogP contribution in [0.4, 0.5) is 0 Å². The summed E-state index contributed by atoms with van der Waals surface area (Å²) in [5.41, 5.74) is 5.86. The number of fused-ring (bicyclic) bond motifs is 3. The molecule has 1 saturated heterocycles. The van der Waals surface area contributed by atoms with Gasteiger partial charge in [0.05, 0.1) is 11.7 Å². The van der Waals surface area contributed by atoms with Crippen LogP contribution < -0.4 is 10.8 Å². The number of benzene rings is 1. The van der Waals surface area contributed by atoms with Gasteiger partial charge in [0.15, 0.2) is 0 Å². The SMILES string of the molecule is CCOB(OC(C)(C)CC)c1ccc2c(c1)CCc1[nH]c([C@@H]3CCCN3)nc1-2. The Balaban J connectivity index is 1.62. The topological polar surface area (TPSA) is 59.2 Å². The Morgan fingerprint density at radius 2 is 2.11 bits per heavy atom. The second-order valence-electron chi connectivity index (χ2n) is 8.53. The average Bonchev–Trinajstić information content (AvgIpc) is 3.36. The fourth-order valence-electron chi connectivity index (χ4n) is 4.10. The maximum Gasteiger partial charge on any atom is 0.494 e. The molecular weight excluding hydrogens is 349 g/mol. The van der Waals surface area contributed by atoms with Crippen molar-refractivity contribution in [2.24, 2.45) is 0 Å². The smallest absolute Gasteiger partial charge is 0.408 e. The van der Waals surface area contributed by atoms with Gasteiger partial charge in [-0.3, -0.25) is 0 Å². The van der Waals surface area contributed by atoms with E-state index in [0.29, 0.717) is 12.6 Å². The molecule has 28 heavy (non-hydrogen) atoms. The number of H-pyrrole nitrogens is 1. The quantitative estimate of drug-likeness (QED) is 0.721. The van der Waals surface area contributed by atoms with Gasteiger partial charge in [-0.05, 0) is 70.4 Å². The summed E-state index contributed by atoms with van der Waals surface area (Å²) in [6.07, 6.45) is 5.36. The van der Waals surface area contributed by atoms with Gasteiger partial charge in [0.25, 0.3) is 0 Å². The van der Waals surface area contributed by atoms with Crippen LogP contribution in [0.3, 0.4) is 0 Å². The first kappa shape index (κ1) is 19.7. The molecule has 1 aromatic carbocycles. The van der Waals surface area contributed by atoms with Gasteiger partial charge in [-0.25, -0.2) is 4.98 Å². The van der Waals surface area contributed by atoms with Crippen molar-refractivity contribution in [3.05, 3.63) is 35.3 Å². The normalized spacial score (nSPS) is 18.8. The molecule has 2 aliphatic rings. The predicted octanol–water partition coefficient (Wildman–Crippen LogP) is 3.54. The molecule has 2 aromatic rings. The predicted molar refractivity (Wildman–Crippen MR) is 114 cm³/mol. The molecule has 6 heteroatoms. The number of nitrogens with zero attached hydrogens (tertiary/aromatic N) is 1. The van der Waals surface area contributed by atoms with Gasteiger partial charge >= 0.3 is 7.12 Å². The lowest BCUT2D eigenvalue weighted by Crippen LogP contribution is -2.44. The minimum absolute atomic E-state index is 0.214. The highest BCUT2D eigenvalue weighted by Gasteiger charge is 2.31. The molecule has 150 valence electrons. The van der Waals surface area contributed by atoms with Gasteiger partial charge in [0.1, 0.15) is 5.82 Å². The van der Waals surface area contributed by atoms with Gasteiger partial charge < -0.3 is 19.6 Å².